The molecule has 0 aliphatic heterocycles. The molecule has 4 nitrogen and oxygen atoms in total. The maximum absolute atomic E-state index is 13.5. The summed E-state index contributed by atoms with van der Waals surface area (Å²) in [5.41, 5.74) is 0.867. The third-order valence-electron chi connectivity index (χ3n) is 2.60. The lowest BCUT2D eigenvalue weighted by Gasteiger charge is -2.17. The number of rotatable bonds is 7. The Morgan fingerprint density at radius 3 is 2.94 bits per heavy atom. The van der Waals surface area contributed by atoms with Crippen LogP contribution in [0.3, 0.4) is 0 Å². The molecule has 98 valence electrons. The molecule has 0 heterocycles. The Morgan fingerprint density at radius 1 is 1.56 bits per heavy atom. The average Bonchev–Trinajstić information content (AvgIpc) is 2.38. The molecule has 0 radical (unpaired) electrons. The van der Waals surface area contributed by atoms with Crippen LogP contribution in [0.1, 0.15) is 17.5 Å². The van der Waals surface area contributed by atoms with Gasteiger partial charge in [-0.3, -0.25) is 0 Å². The first kappa shape index (κ1) is 14.6. The van der Waals surface area contributed by atoms with Gasteiger partial charge in [0.2, 0.25) is 0 Å². The van der Waals surface area contributed by atoms with Crippen molar-refractivity contribution in [3.8, 4) is 6.07 Å². The third kappa shape index (κ3) is 4.41. The molecule has 0 saturated carbocycles. The maximum atomic E-state index is 13.5. The van der Waals surface area contributed by atoms with Gasteiger partial charge in [-0.2, -0.15) is 5.26 Å². The minimum absolute atomic E-state index is 0.0369. The predicted molar refractivity (Wildman–Crippen MR) is 65.3 cm³/mol. The van der Waals surface area contributed by atoms with E-state index < -0.39 is 0 Å². The summed E-state index contributed by atoms with van der Waals surface area (Å²) in [6.45, 7) is 0.789. The van der Waals surface area contributed by atoms with Crippen molar-refractivity contribution in [1.29, 1.82) is 5.26 Å². The van der Waals surface area contributed by atoms with Crippen LogP contribution in [0.4, 0.5) is 4.39 Å². The van der Waals surface area contributed by atoms with Crippen molar-refractivity contribution < 1.29 is 14.2 Å². The van der Waals surface area contributed by atoms with Gasteiger partial charge in [-0.1, -0.05) is 0 Å². The summed E-state index contributed by atoms with van der Waals surface area (Å²) in [5, 5.41) is 20.7. The van der Waals surface area contributed by atoms with E-state index in [0.29, 0.717) is 30.7 Å². The number of nitrogens with one attached hydrogen (secondary N) is 1. The molecule has 1 aromatic carbocycles. The monoisotopic (exact) mass is 252 g/mol. The first-order chi connectivity index (χ1) is 8.71. The van der Waals surface area contributed by atoms with Gasteiger partial charge in [0.15, 0.2) is 0 Å². The second-order valence-corrected chi connectivity index (χ2v) is 3.96. The number of nitrogens with zero attached hydrogens (tertiary/aromatic N) is 1. The zero-order chi connectivity index (χ0) is 13.4. The molecule has 5 heteroatoms. The maximum Gasteiger partial charge on any atom is 0.127 e. The number of ether oxygens (including phenoxy) is 1. The van der Waals surface area contributed by atoms with Crippen molar-refractivity contribution in [2.45, 2.75) is 19.0 Å². The van der Waals surface area contributed by atoms with E-state index in [1.54, 1.807) is 7.11 Å². The topological polar surface area (TPSA) is 65.3 Å². The smallest absolute Gasteiger partial charge is 0.127 e. The van der Waals surface area contributed by atoms with E-state index in [0.717, 1.165) is 0 Å². The van der Waals surface area contributed by atoms with E-state index in [4.69, 9.17) is 15.1 Å². The summed E-state index contributed by atoms with van der Waals surface area (Å²) in [6.07, 6.45) is 0.535. The van der Waals surface area contributed by atoms with Gasteiger partial charge in [0, 0.05) is 31.9 Å². The van der Waals surface area contributed by atoms with Crippen molar-refractivity contribution in [1.82, 2.24) is 5.32 Å². The number of methoxy groups -OCH3 is 1. The van der Waals surface area contributed by atoms with E-state index in [1.807, 2.05) is 6.07 Å². The van der Waals surface area contributed by atoms with Gasteiger partial charge in [0.1, 0.15) is 5.82 Å². The van der Waals surface area contributed by atoms with Gasteiger partial charge in [-0.15, -0.1) is 0 Å². The third-order valence-corrected chi connectivity index (χ3v) is 2.60. The second kappa shape index (κ2) is 7.77. The highest BCUT2D eigenvalue weighted by Crippen LogP contribution is 2.10. The van der Waals surface area contributed by atoms with Gasteiger partial charge in [-0.05, 0) is 24.6 Å². The summed E-state index contributed by atoms with van der Waals surface area (Å²) < 4.78 is 18.5. The Morgan fingerprint density at radius 2 is 2.33 bits per heavy atom. The molecule has 2 N–H and O–H groups in total. The molecular weight excluding hydrogens is 235 g/mol. The number of aliphatic hydroxyl groups is 1. The van der Waals surface area contributed by atoms with Crippen LogP contribution in [0.5, 0.6) is 0 Å². The Bertz CT molecular complexity index is 412. The van der Waals surface area contributed by atoms with E-state index in [9.17, 15) is 4.39 Å². The summed E-state index contributed by atoms with van der Waals surface area (Å²) in [5.74, 6) is -0.346. The minimum atomic E-state index is -0.346. The molecule has 0 aliphatic carbocycles. The minimum Gasteiger partial charge on any atom is -0.396 e. The van der Waals surface area contributed by atoms with E-state index in [1.165, 1.54) is 18.2 Å². The molecule has 0 aliphatic rings. The van der Waals surface area contributed by atoms with Crippen LogP contribution in [-0.2, 0) is 11.3 Å². The fourth-order valence-corrected chi connectivity index (χ4v) is 1.64. The summed E-state index contributed by atoms with van der Waals surface area (Å²) in [7, 11) is 1.57. The molecule has 1 aromatic rings. The highest BCUT2D eigenvalue weighted by Gasteiger charge is 2.09. The van der Waals surface area contributed by atoms with E-state index in [2.05, 4.69) is 5.32 Å². The van der Waals surface area contributed by atoms with Gasteiger partial charge < -0.3 is 15.2 Å². The molecule has 18 heavy (non-hydrogen) atoms. The van der Waals surface area contributed by atoms with Crippen molar-refractivity contribution in [3.05, 3.63) is 35.1 Å². The molecule has 0 fully saturated rings. The van der Waals surface area contributed by atoms with Crippen molar-refractivity contribution in [3.63, 3.8) is 0 Å². The van der Waals surface area contributed by atoms with Crippen LogP contribution in [0.25, 0.3) is 0 Å². The Labute approximate surface area is 106 Å². The predicted octanol–water partition coefficient (Wildman–Crippen LogP) is 1.18. The summed E-state index contributed by atoms with van der Waals surface area (Å²) in [6, 6.07) is 6.18. The zero-order valence-electron chi connectivity index (χ0n) is 10.3. The molecule has 0 amide bonds. The Hall–Kier alpha value is -1.48. The fourth-order valence-electron chi connectivity index (χ4n) is 1.64. The van der Waals surface area contributed by atoms with Gasteiger partial charge in [0.25, 0.3) is 0 Å². The quantitative estimate of drug-likeness (QED) is 0.765. The molecule has 0 spiro atoms. The Kier molecular flexibility index (Phi) is 6.29. The highest BCUT2D eigenvalue weighted by atomic mass is 19.1. The first-order valence-electron chi connectivity index (χ1n) is 5.73. The van der Waals surface area contributed by atoms with Crippen molar-refractivity contribution in [2.75, 3.05) is 20.3 Å². The summed E-state index contributed by atoms with van der Waals surface area (Å²) in [4.78, 5) is 0. The number of halogens is 1. The van der Waals surface area contributed by atoms with Gasteiger partial charge >= 0.3 is 0 Å². The zero-order valence-corrected chi connectivity index (χ0v) is 10.3. The molecular formula is C13H17FN2O2. The summed E-state index contributed by atoms with van der Waals surface area (Å²) >= 11 is 0. The first-order valence-corrected chi connectivity index (χ1v) is 5.73. The van der Waals surface area contributed by atoms with Crippen LogP contribution in [0.15, 0.2) is 18.2 Å². The lowest BCUT2D eigenvalue weighted by molar-refractivity contribution is 0.148. The largest absolute Gasteiger partial charge is 0.396 e. The molecule has 0 aromatic heterocycles. The average molecular weight is 252 g/mol. The Balaban J connectivity index is 2.63. The number of hydrogen-bond donors (Lipinski definition) is 2. The molecule has 0 saturated heterocycles. The fraction of sp³-hybridized carbons (Fsp3) is 0.462. The number of hydrogen-bond acceptors (Lipinski definition) is 4. The molecule has 1 atom stereocenters. The molecule has 1 unspecified atom stereocenters. The second-order valence-electron chi connectivity index (χ2n) is 3.96. The normalized spacial score (nSPS) is 12.1. The van der Waals surface area contributed by atoms with Crippen LogP contribution in [0, 0.1) is 17.1 Å². The SMILES string of the molecule is COCC(CCO)NCc1cc(C#N)ccc1F. The highest BCUT2D eigenvalue weighted by molar-refractivity contribution is 5.33. The van der Waals surface area contributed by atoms with E-state index in [-0.39, 0.29) is 18.5 Å². The van der Waals surface area contributed by atoms with Crippen molar-refractivity contribution in [2.24, 2.45) is 0 Å². The standard InChI is InChI=1S/C13H17FN2O2/c1-18-9-12(4-5-17)16-8-11-6-10(7-15)2-3-13(11)14/h2-3,6,12,16-17H,4-5,8-9H2,1H3. The molecule has 0 bridgehead atoms. The van der Waals surface area contributed by atoms with Gasteiger partial charge in [0.05, 0.1) is 18.2 Å². The van der Waals surface area contributed by atoms with Crippen LogP contribution >= 0.6 is 0 Å². The van der Waals surface area contributed by atoms with Crippen LogP contribution < -0.4 is 5.32 Å². The number of benzene rings is 1. The van der Waals surface area contributed by atoms with Crippen LogP contribution in [-0.4, -0.2) is 31.5 Å². The number of nitriles is 1. The molecule has 1 rings (SSSR count). The van der Waals surface area contributed by atoms with Crippen LogP contribution in [0.2, 0.25) is 0 Å². The van der Waals surface area contributed by atoms with E-state index >= 15 is 0 Å². The van der Waals surface area contributed by atoms with Crippen molar-refractivity contribution >= 4 is 0 Å². The van der Waals surface area contributed by atoms with Gasteiger partial charge in [-0.25, -0.2) is 4.39 Å². The lowest BCUT2D eigenvalue weighted by Crippen LogP contribution is -2.33. The number of aliphatic hydroxyl groups excluding tert-OH is 1. The lowest BCUT2D eigenvalue weighted by atomic mass is 10.1.